The second-order valence-electron chi connectivity index (χ2n) is 4.13. The fourth-order valence-corrected chi connectivity index (χ4v) is 2.58. The molecule has 1 aromatic carbocycles. The summed E-state index contributed by atoms with van der Waals surface area (Å²) < 4.78 is 27.3. The summed E-state index contributed by atoms with van der Waals surface area (Å²) in [6, 6.07) is 1.37. The lowest BCUT2D eigenvalue weighted by Gasteiger charge is -2.07. The van der Waals surface area contributed by atoms with Gasteiger partial charge in [0.25, 0.3) is 5.69 Å². The summed E-state index contributed by atoms with van der Waals surface area (Å²) in [6.45, 7) is 3.86. The topological polar surface area (TPSA) is 68.1 Å². The number of non-ortho nitro benzene ring substituents is 1. The van der Waals surface area contributed by atoms with Gasteiger partial charge in [0.15, 0.2) is 11.6 Å². The summed E-state index contributed by atoms with van der Waals surface area (Å²) in [4.78, 5) is 14.8. The highest BCUT2D eigenvalue weighted by atomic mass is 32.1. The van der Waals surface area contributed by atoms with Crippen LogP contribution < -0.4 is 5.32 Å². The van der Waals surface area contributed by atoms with Crippen molar-refractivity contribution in [1.29, 1.82) is 0 Å². The Morgan fingerprint density at radius 3 is 2.40 bits per heavy atom. The molecule has 8 heteroatoms. The number of aryl methyl sites for hydroxylation is 2. The number of thiazole rings is 1. The first-order valence-corrected chi connectivity index (χ1v) is 6.50. The molecule has 0 aliphatic rings. The van der Waals surface area contributed by atoms with Crippen LogP contribution in [0.3, 0.4) is 0 Å². The highest BCUT2D eigenvalue weighted by Crippen LogP contribution is 2.26. The van der Waals surface area contributed by atoms with Gasteiger partial charge >= 0.3 is 0 Å². The monoisotopic (exact) mass is 299 g/mol. The molecule has 1 N–H and O–H groups in total. The molecule has 0 unspecified atom stereocenters. The Morgan fingerprint density at radius 1 is 1.35 bits per heavy atom. The summed E-state index contributed by atoms with van der Waals surface area (Å²) in [5.74, 6) is -2.00. The minimum absolute atomic E-state index is 0.155. The number of nitrogens with zero attached hydrogens (tertiary/aromatic N) is 2. The maximum Gasteiger partial charge on any atom is 0.275 e. The first-order chi connectivity index (χ1) is 9.38. The van der Waals surface area contributed by atoms with Gasteiger partial charge in [-0.25, -0.2) is 13.8 Å². The smallest absolute Gasteiger partial charge is 0.275 e. The van der Waals surface area contributed by atoms with E-state index < -0.39 is 22.2 Å². The lowest BCUT2D eigenvalue weighted by molar-refractivity contribution is -0.385. The van der Waals surface area contributed by atoms with Crippen LogP contribution in [0, 0.1) is 35.6 Å². The van der Waals surface area contributed by atoms with Gasteiger partial charge in [0, 0.05) is 4.88 Å². The number of halogens is 2. The lowest BCUT2D eigenvalue weighted by Crippen LogP contribution is -2.06. The van der Waals surface area contributed by atoms with Gasteiger partial charge in [0.1, 0.15) is 5.69 Å². The third-order valence-electron chi connectivity index (χ3n) is 2.67. The van der Waals surface area contributed by atoms with Crippen molar-refractivity contribution in [2.75, 3.05) is 5.32 Å². The number of nitrogens with one attached hydrogen (secondary N) is 1. The largest absolute Gasteiger partial charge is 0.375 e. The Labute approximate surface area is 117 Å². The molecular formula is C12H11F2N3O2S. The van der Waals surface area contributed by atoms with Crippen LogP contribution in [0.15, 0.2) is 12.1 Å². The predicted molar refractivity (Wildman–Crippen MR) is 71.9 cm³/mol. The van der Waals surface area contributed by atoms with E-state index in [-0.39, 0.29) is 12.2 Å². The van der Waals surface area contributed by atoms with Gasteiger partial charge in [-0.15, -0.1) is 11.3 Å². The average Bonchev–Trinajstić information content (AvgIpc) is 2.66. The van der Waals surface area contributed by atoms with Crippen LogP contribution in [0.4, 0.5) is 20.2 Å². The van der Waals surface area contributed by atoms with Crippen LogP contribution in [0.1, 0.15) is 15.6 Å². The highest BCUT2D eigenvalue weighted by molar-refractivity contribution is 7.11. The molecule has 0 aliphatic carbocycles. The van der Waals surface area contributed by atoms with Gasteiger partial charge in [-0.05, 0) is 13.8 Å². The molecule has 2 aromatic rings. The molecule has 0 atom stereocenters. The Hall–Kier alpha value is -2.09. The summed E-state index contributed by atoms with van der Waals surface area (Å²) in [6.07, 6.45) is 0. The predicted octanol–water partition coefficient (Wildman–Crippen LogP) is 3.56. The van der Waals surface area contributed by atoms with Crippen molar-refractivity contribution < 1.29 is 13.7 Å². The van der Waals surface area contributed by atoms with Crippen LogP contribution in [-0.4, -0.2) is 9.91 Å². The van der Waals surface area contributed by atoms with Crippen LogP contribution >= 0.6 is 11.3 Å². The number of benzene rings is 1. The quantitative estimate of drug-likeness (QED) is 0.692. The molecule has 0 amide bonds. The van der Waals surface area contributed by atoms with Crippen molar-refractivity contribution >= 4 is 22.7 Å². The van der Waals surface area contributed by atoms with Crippen LogP contribution in [0.2, 0.25) is 0 Å². The van der Waals surface area contributed by atoms with E-state index in [1.165, 1.54) is 11.3 Å². The van der Waals surface area contributed by atoms with Crippen LogP contribution in [0.25, 0.3) is 0 Å². The van der Waals surface area contributed by atoms with Gasteiger partial charge in [-0.2, -0.15) is 0 Å². The fraction of sp³-hybridized carbons (Fsp3) is 0.250. The fourth-order valence-electron chi connectivity index (χ4n) is 1.74. The molecule has 0 aliphatic heterocycles. The zero-order valence-corrected chi connectivity index (χ0v) is 11.6. The molecule has 1 aromatic heterocycles. The van der Waals surface area contributed by atoms with Crippen molar-refractivity contribution in [3.05, 3.63) is 49.5 Å². The number of nitro groups is 1. The Bertz CT molecular complexity index is 650. The average molecular weight is 299 g/mol. The number of aromatic nitrogens is 1. The van der Waals surface area contributed by atoms with E-state index in [1.807, 2.05) is 13.8 Å². The highest BCUT2D eigenvalue weighted by Gasteiger charge is 2.17. The van der Waals surface area contributed by atoms with E-state index in [0.29, 0.717) is 17.8 Å². The minimum Gasteiger partial charge on any atom is -0.375 e. The summed E-state index contributed by atoms with van der Waals surface area (Å²) in [5.41, 5.74) is -0.309. The lowest BCUT2D eigenvalue weighted by atomic mass is 10.2. The molecule has 0 spiro atoms. The maximum atomic E-state index is 13.7. The molecule has 20 heavy (non-hydrogen) atoms. The Kier molecular flexibility index (Phi) is 3.93. The molecule has 0 fully saturated rings. The van der Waals surface area contributed by atoms with Crippen molar-refractivity contribution in [1.82, 2.24) is 4.98 Å². The minimum atomic E-state index is -0.999. The zero-order valence-electron chi connectivity index (χ0n) is 10.7. The van der Waals surface area contributed by atoms with Gasteiger partial charge in [0.05, 0.1) is 34.3 Å². The van der Waals surface area contributed by atoms with Crippen molar-refractivity contribution in [3.8, 4) is 0 Å². The van der Waals surface area contributed by atoms with Crippen LogP contribution in [0.5, 0.6) is 0 Å². The third kappa shape index (κ3) is 2.90. The van der Waals surface area contributed by atoms with E-state index in [2.05, 4.69) is 10.3 Å². The van der Waals surface area contributed by atoms with Gasteiger partial charge in [-0.1, -0.05) is 0 Å². The van der Waals surface area contributed by atoms with Gasteiger partial charge < -0.3 is 5.32 Å². The number of nitro benzene ring substituents is 1. The Balaban J connectivity index is 2.22. The van der Waals surface area contributed by atoms with Crippen molar-refractivity contribution in [2.45, 2.75) is 20.4 Å². The van der Waals surface area contributed by atoms with Gasteiger partial charge in [-0.3, -0.25) is 10.1 Å². The van der Waals surface area contributed by atoms with Crippen LogP contribution in [-0.2, 0) is 6.54 Å². The number of rotatable bonds is 4. The first-order valence-electron chi connectivity index (χ1n) is 5.68. The molecule has 5 nitrogen and oxygen atoms in total. The number of hydrogen-bond donors (Lipinski definition) is 1. The van der Waals surface area contributed by atoms with E-state index in [0.717, 1.165) is 9.88 Å². The zero-order chi connectivity index (χ0) is 14.9. The van der Waals surface area contributed by atoms with Crippen molar-refractivity contribution in [3.63, 3.8) is 0 Å². The second kappa shape index (κ2) is 5.49. The number of anilines is 1. The maximum absolute atomic E-state index is 13.7. The van der Waals surface area contributed by atoms with E-state index in [1.54, 1.807) is 0 Å². The summed E-state index contributed by atoms with van der Waals surface area (Å²) in [5, 5.41) is 13.9. The third-order valence-corrected chi connectivity index (χ3v) is 3.60. The molecule has 0 saturated carbocycles. The van der Waals surface area contributed by atoms with Gasteiger partial charge in [0.2, 0.25) is 0 Å². The standard InChI is InChI=1S/C12H11F2N3O2S/c1-6-11(16-7(2)20-6)5-15-12-9(13)3-8(17(18)19)4-10(12)14/h3-4,15H,5H2,1-2H3. The van der Waals surface area contributed by atoms with E-state index in [9.17, 15) is 18.9 Å². The molecule has 1 heterocycles. The van der Waals surface area contributed by atoms with E-state index >= 15 is 0 Å². The SMILES string of the molecule is Cc1nc(CNc2c(F)cc([N+](=O)[O-])cc2F)c(C)s1. The molecular weight excluding hydrogens is 288 g/mol. The first kappa shape index (κ1) is 14.3. The summed E-state index contributed by atoms with van der Waals surface area (Å²) in [7, 11) is 0. The molecule has 0 saturated heterocycles. The van der Waals surface area contributed by atoms with E-state index in [4.69, 9.17) is 0 Å². The molecule has 2 rings (SSSR count). The second-order valence-corrected chi connectivity index (χ2v) is 5.54. The molecule has 0 radical (unpaired) electrons. The molecule has 106 valence electrons. The normalized spacial score (nSPS) is 10.6. The van der Waals surface area contributed by atoms with Crippen molar-refractivity contribution in [2.24, 2.45) is 0 Å². The molecule has 0 bridgehead atoms. The summed E-state index contributed by atoms with van der Waals surface area (Å²) >= 11 is 1.49. The number of hydrogen-bond acceptors (Lipinski definition) is 5. The Morgan fingerprint density at radius 2 is 1.95 bits per heavy atom.